The van der Waals surface area contributed by atoms with Gasteiger partial charge >= 0.3 is 0 Å². The number of nitrogens with one attached hydrogen (secondary N) is 2. The van der Waals surface area contributed by atoms with Crippen molar-refractivity contribution in [3.05, 3.63) is 57.5 Å². The second-order valence-corrected chi connectivity index (χ2v) is 8.28. The summed E-state index contributed by atoms with van der Waals surface area (Å²) >= 11 is 8.17. The average Bonchev–Trinajstić information content (AvgIpc) is 3.05. The summed E-state index contributed by atoms with van der Waals surface area (Å²) in [7, 11) is 0. The first-order chi connectivity index (χ1) is 12.0. The van der Waals surface area contributed by atoms with Gasteiger partial charge in [-0.15, -0.1) is 5.10 Å². The number of thioether (sulfide) groups is 1. The largest absolute Gasteiger partial charge is 0.325 e. The molecule has 0 radical (unpaired) electrons. The van der Waals surface area contributed by atoms with Gasteiger partial charge in [-0.25, -0.2) is 4.98 Å². The number of nitrogens with zero attached hydrogens (tertiary/aromatic N) is 2. The maximum atomic E-state index is 12.3. The van der Waals surface area contributed by atoms with Gasteiger partial charge in [0.15, 0.2) is 5.82 Å². The number of carbonyl (C=O) groups is 1. The van der Waals surface area contributed by atoms with Crippen LogP contribution in [0.4, 0.5) is 5.69 Å². The van der Waals surface area contributed by atoms with Crippen molar-refractivity contribution < 1.29 is 4.79 Å². The molecule has 0 saturated carbocycles. The molecule has 0 saturated heterocycles. The Morgan fingerprint density at radius 3 is 2.60 bits per heavy atom. The molecule has 0 aliphatic carbocycles. The van der Waals surface area contributed by atoms with E-state index in [4.69, 9.17) is 0 Å². The van der Waals surface area contributed by atoms with Crippen LogP contribution in [-0.2, 0) is 4.79 Å². The number of aromatic amines is 1. The highest BCUT2D eigenvalue weighted by Crippen LogP contribution is 2.28. The molecule has 0 aliphatic rings. The van der Waals surface area contributed by atoms with Gasteiger partial charge in [0.25, 0.3) is 0 Å². The number of anilines is 1. The maximum absolute atomic E-state index is 12.3. The molecule has 0 aliphatic heterocycles. The van der Waals surface area contributed by atoms with Crippen molar-refractivity contribution in [2.45, 2.75) is 17.3 Å². The summed E-state index contributed by atoms with van der Waals surface area (Å²) in [6.07, 6.45) is 0. The number of benzene rings is 2. The summed E-state index contributed by atoms with van der Waals surface area (Å²) in [4.78, 5) is 16.8. The molecule has 2 aromatic carbocycles. The Morgan fingerprint density at radius 2 is 1.88 bits per heavy atom. The van der Waals surface area contributed by atoms with Crippen LogP contribution in [0.15, 0.2) is 62.6 Å². The maximum Gasteiger partial charge on any atom is 0.237 e. The van der Waals surface area contributed by atoms with E-state index in [1.54, 1.807) is 0 Å². The fourth-order valence-electron chi connectivity index (χ4n) is 2.06. The van der Waals surface area contributed by atoms with Crippen molar-refractivity contribution in [2.24, 2.45) is 0 Å². The number of rotatable bonds is 5. The molecular formula is C17H14Br2N4OS. The minimum absolute atomic E-state index is 0.0976. The second-order valence-electron chi connectivity index (χ2n) is 5.20. The zero-order valence-corrected chi connectivity index (χ0v) is 17.2. The molecule has 128 valence electrons. The highest BCUT2D eigenvalue weighted by atomic mass is 79.9. The Kier molecular flexibility index (Phi) is 5.93. The quantitative estimate of drug-likeness (QED) is 0.496. The van der Waals surface area contributed by atoms with Crippen molar-refractivity contribution in [1.29, 1.82) is 0 Å². The van der Waals surface area contributed by atoms with Crippen molar-refractivity contribution in [3.8, 4) is 11.4 Å². The molecular weight excluding hydrogens is 468 g/mol. The molecule has 0 spiro atoms. The number of carbonyl (C=O) groups excluding carboxylic acids is 1. The Morgan fingerprint density at radius 1 is 1.16 bits per heavy atom. The Labute approximate surface area is 166 Å². The fraction of sp³-hybridized carbons (Fsp3) is 0.118. The van der Waals surface area contributed by atoms with Crippen LogP contribution in [-0.4, -0.2) is 26.3 Å². The SMILES string of the molecule is C[C@H](Sc1n[nH]c(-c2ccccc2Br)n1)C(=O)Nc1ccc(Br)cc1. The van der Waals surface area contributed by atoms with Crippen molar-refractivity contribution in [1.82, 2.24) is 15.2 Å². The van der Waals surface area contributed by atoms with E-state index >= 15 is 0 Å². The Balaban J connectivity index is 1.65. The number of hydrogen-bond acceptors (Lipinski definition) is 4. The summed E-state index contributed by atoms with van der Waals surface area (Å²) in [5, 5.41) is 10.2. The predicted octanol–water partition coefficient (Wildman–Crippen LogP) is 5.12. The van der Waals surface area contributed by atoms with Gasteiger partial charge in [-0.3, -0.25) is 9.89 Å². The lowest BCUT2D eigenvalue weighted by molar-refractivity contribution is -0.115. The van der Waals surface area contributed by atoms with Crippen LogP contribution in [0.1, 0.15) is 6.92 Å². The van der Waals surface area contributed by atoms with Gasteiger partial charge in [0.1, 0.15) is 0 Å². The molecule has 8 heteroatoms. The van der Waals surface area contributed by atoms with E-state index in [2.05, 4.69) is 52.4 Å². The summed E-state index contributed by atoms with van der Waals surface area (Å²) in [6, 6.07) is 15.2. The first-order valence-corrected chi connectivity index (χ1v) is 9.90. The summed E-state index contributed by atoms with van der Waals surface area (Å²) in [5.74, 6) is 0.565. The third-order valence-electron chi connectivity index (χ3n) is 3.36. The van der Waals surface area contributed by atoms with Crippen molar-refractivity contribution >= 4 is 55.2 Å². The zero-order valence-electron chi connectivity index (χ0n) is 13.2. The highest BCUT2D eigenvalue weighted by molar-refractivity contribution is 9.10. The van der Waals surface area contributed by atoms with Crippen LogP contribution in [0.25, 0.3) is 11.4 Å². The number of aromatic nitrogens is 3. The molecule has 1 amide bonds. The molecule has 3 rings (SSSR count). The third kappa shape index (κ3) is 4.71. The van der Waals surface area contributed by atoms with Crippen LogP contribution in [0.5, 0.6) is 0 Å². The van der Waals surface area contributed by atoms with E-state index in [0.717, 1.165) is 20.2 Å². The molecule has 1 atom stereocenters. The van der Waals surface area contributed by atoms with Gasteiger partial charge in [-0.05, 0) is 37.3 Å². The first kappa shape index (κ1) is 18.2. The summed E-state index contributed by atoms with van der Waals surface area (Å²) < 4.78 is 1.90. The molecule has 0 bridgehead atoms. The monoisotopic (exact) mass is 480 g/mol. The first-order valence-electron chi connectivity index (χ1n) is 7.43. The van der Waals surface area contributed by atoms with Gasteiger partial charge in [-0.2, -0.15) is 0 Å². The molecule has 25 heavy (non-hydrogen) atoms. The second kappa shape index (κ2) is 8.16. The zero-order chi connectivity index (χ0) is 17.8. The topological polar surface area (TPSA) is 70.7 Å². The summed E-state index contributed by atoms with van der Waals surface area (Å²) in [6.45, 7) is 1.83. The van der Waals surface area contributed by atoms with Crippen LogP contribution >= 0.6 is 43.6 Å². The van der Waals surface area contributed by atoms with Gasteiger partial charge in [0.2, 0.25) is 11.1 Å². The lowest BCUT2D eigenvalue weighted by Gasteiger charge is -2.10. The molecule has 0 unspecified atom stereocenters. The summed E-state index contributed by atoms with van der Waals surface area (Å²) in [5.41, 5.74) is 1.68. The number of halogens is 2. The van der Waals surface area contributed by atoms with E-state index in [9.17, 15) is 4.79 Å². The minimum atomic E-state index is -0.327. The highest BCUT2D eigenvalue weighted by Gasteiger charge is 2.18. The van der Waals surface area contributed by atoms with E-state index < -0.39 is 0 Å². The lowest BCUT2D eigenvalue weighted by atomic mass is 10.2. The minimum Gasteiger partial charge on any atom is -0.325 e. The lowest BCUT2D eigenvalue weighted by Crippen LogP contribution is -2.22. The predicted molar refractivity (Wildman–Crippen MR) is 108 cm³/mol. The number of H-pyrrole nitrogens is 1. The standard InChI is InChI=1S/C17H14Br2N4OS/c1-10(16(24)20-12-8-6-11(18)7-9-12)25-17-21-15(22-23-17)13-4-2-3-5-14(13)19/h2-10H,1H3,(H,20,24)(H,21,22,23)/t10-/m0/s1. The van der Waals surface area contributed by atoms with Crippen LogP contribution in [0.3, 0.4) is 0 Å². The number of hydrogen-bond donors (Lipinski definition) is 2. The Hall–Kier alpha value is -1.64. The van der Waals surface area contributed by atoms with E-state index in [-0.39, 0.29) is 11.2 Å². The van der Waals surface area contributed by atoms with Gasteiger partial charge in [0.05, 0.1) is 5.25 Å². The van der Waals surface area contributed by atoms with Crippen LogP contribution < -0.4 is 5.32 Å². The van der Waals surface area contributed by atoms with Crippen LogP contribution in [0, 0.1) is 0 Å². The van der Waals surface area contributed by atoms with Crippen molar-refractivity contribution in [2.75, 3.05) is 5.32 Å². The van der Waals surface area contributed by atoms with Gasteiger partial charge in [0, 0.05) is 20.2 Å². The van der Waals surface area contributed by atoms with E-state index in [1.807, 2.05) is 55.5 Å². The molecule has 1 aromatic heterocycles. The van der Waals surface area contributed by atoms with Crippen LogP contribution in [0.2, 0.25) is 0 Å². The molecule has 1 heterocycles. The fourth-order valence-corrected chi connectivity index (χ4v) is 3.52. The molecule has 0 fully saturated rings. The molecule has 5 nitrogen and oxygen atoms in total. The Bertz CT molecular complexity index is 882. The van der Waals surface area contributed by atoms with Gasteiger partial charge < -0.3 is 5.32 Å². The normalized spacial score (nSPS) is 12.0. The smallest absolute Gasteiger partial charge is 0.237 e. The number of amides is 1. The average molecular weight is 482 g/mol. The molecule has 2 N–H and O–H groups in total. The van der Waals surface area contributed by atoms with Crippen molar-refractivity contribution in [3.63, 3.8) is 0 Å². The molecule has 3 aromatic rings. The van der Waals surface area contributed by atoms with E-state index in [0.29, 0.717) is 11.0 Å². The van der Waals surface area contributed by atoms with Gasteiger partial charge in [-0.1, -0.05) is 61.8 Å². The van der Waals surface area contributed by atoms with E-state index in [1.165, 1.54) is 11.8 Å². The third-order valence-corrected chi connectivity index (χ3v) is 5.54.